The molecule has 0 spiro atoms. The van der Waals surface area contributed by atoms with Gasteiger partial charge in [0.15, 0.2) is 0 Å². The van der Waals surface area contributed by atoms with Crippen molar-refractivity contribution in [2.75, 3.05) is 0 Å². The molecule has 2 aromatic carbocycles. The number of hydrogen-bond acceptors (Lipinski definition) is 3. The highest BCUT2D eigenvalue weighted by atomic mass is 19.1. The highest BCUT2D eigenvalue weighted by Gasteiger charge is 2.12. The molecule has 4 heteroatoms. The summed E-state index contributed by atoms with van der Waals surface area (Å²) in [6, 6.07) is 10.7. The van der Waals surface area contributed by atoms with E-state index in [1.54, 1.807) is 12.1 Å². The quantitative estimate of drug-likeness (QED) is 0.504. The lowest BCUT2D eigenvalue weighted by Gasteiger charge is -2.08. The molecule has 0 fully saturated rings. The molecule has 2 aromatic rings. The smallest absolute Gasteiger partial charge is 0.125 e. The van der Waals surface area contributed by atoms with E-state index < -0.39 is 0 Å². The fraction of sp³-hybridized carbons (Fsp3) is 0.133. The molecule has 0 aliphatic rings. The molecular formula is C15H14FNO2. The first-order valence-electron chi connectivity index (χ1n) is 5.96. The zero-order chi connectivity index (χ0) is 13.8. The van der Waals surface area contributed by atoms with Gasteiger partial charge in [-0.1, -0.05) is 18.1 Å². The van der Waals surface area contributed by atoms with Gasteiger partial charge < -0.3 is 10.3 Å². The van der Waals surface area contributed by atoms with E-state index in [9.17, 15) is 9.50 Å². The predicted octanol–water partition coefficient (Wildman–Crippen LogP) is 3.32. The molecule has 0 radical (unpaired) electrons. The van der Waals surface area contributed by atoms with E-state index in [0.29, 0.717) is 11.1 Å². The third-order valence-corrected chi connectivity index (χ3v) is 2.94. The first-order valence-corrected chi connectivity index (χ1v) is 5.96. The second-order valence-corrected chi connectivity index (χ2v) is 4.16. The monoisotopic (exact) mass is 259 g/mol. The van der Waals surface area contributed by atoms with Gasteiger partial charge in [0.2, 0.25) is 0 Å². The summed E-state index contributed by atoms with van der Waals surface area (Å²) < 4.78 is 12.9. The summed E-state index contributed by atoms with van der Waals surface area (Å²) in [4.78, 5) is 0. The van der Waals surface area contributed by atoms with Crippen molar-refractivity contribution >= 4 is 5.71 Å². The van der Waals surface area contributed by atoms with Crippen LogP contribution in [-0.2, 0) is 6.42 Å². The van der Waals surface area contributed by atoms with Crippen molar-refractivity contribution in [3.63, 3.8) is 0 Å². The van der Waals surface area contributed by atoms with Crippen molar-refractivity contribution in [2.24, 2.45) is 5.16 Å². The maximum Gasteiger partial charge on any atom is 0.125 e. The average molecular weight is 259 g/mol. The number of nitrogens with zero attached hydrogens (tertiary/aromatic N) is 1. The number of rotatable bonds is 3. The lowest BCUT2D eigenvalue weighted by Crippen LogP contribution is -2.04. The number of benzene rings is 2. The molecule has 0 aliphatic carbocycles. The summed E-state index contributed by atoms with van der Waals surface area (Å²) in [5, 5.41) is 22.3. The summed E-state index contributed by atoms with van der Waals surface area (Å²) in [5.74, 6) is -0.330. The number of hydrogen-bond donors (Lipinski definition) is 2. The van der Waals surface area contributed by atoms with Gasteiger partial charge in [-0.05, 0) is 48.4 Å². The molecule has 2 N–H and O–H groups in total. The molecular weight excluding hydrogens is 245 g/mol. The SMILES string of the molecule is CCc1ccc(/C(=N/O)c2ccc(F)cc2)c(O)c1. The second kappa shape index (κ2) is 5.52. The normalized spacial score (nSPS) is 11.6. The van der Waals surface area contributed by atoms with Crippen LogP contribution < -0.4 is 0 Å². The number of aryl methyl sites for hydroxylation is 1. The Kier molecular flexibility index (Phi) is 3.80. The third kappa shape index (κ3) is 2.73. The lowest BCUT2D eigenvalue weighted by molar-refractivity contribution is 0.319. The van der Waals surface area contributed by atoms with E-state index in [4.69, 9.17) is 5.21 Å². The van der Waals surface area contributed by atoms with Crippen LogP contribution in [0.15, 0.2) is 47.6 Å². The topological polar surface area (TPSA) is 52.8 Å². The number of phenols is 1. The van der Waals surface area contributed by atoms with Crippen LogP contribution >= 0.6 is 0 Å². The van der Waals surface area contributed by atoms with E-state index in [-0.39, 0.29) is 17.3 Å². The first-order chi connectivity index (χ1) is 9.15. The molecule has 0 unspecified atom stereocenters. The third-order valence-electron chi connectivity index (χ3n) is 2.94. The van der Waals surface area contributed by atoms with Gasteiger partial charge in [-0.3, -0.25) is 0 Å². The molecule has 0 heterocycles. The van der Waals surface area contributed by atoms with E-state index in [0.717, 1.165) is 12.0 Å². The summed E-state index contributed by atoms with van der Waals surface area (Å²) in [5.41, 5.74) is 2.13. The van der Waals surface area contributed by atoms with Gasteiger partial charge in [0.1, 0.15) is 17.3 Å². The zero-order valence-electron chi connectivity index (χ0n) is 10.5. The summed E-state index contributed by atoms with van der Waals surface area (Å²) in [6.45, 7) is 1.98. The van der Waals surface area contributed by atoms with Gasteiger partial charge in [-0.2, -0.15) is 0 Å². The molecule has 0 saturated heterocycles. The number of halogens is 1. The lowest BCUT2D eigenvalue weighted by atomic mass is 9.99. The van der Waals surface area contributed by atoms with Crippen LogP contribution in [0.4, 0.5) is 4.39 Å². The van der Waals surface area contributed by atoms with Crippen molar-refractivity contribution in [1.82, 2.24) is 0 Å². The zero-order valence-corrected chi connectivity index (χ0v) is 10.5. The molecule has 0 amide bonds. The summed E-state index contributed by atoms with van der Waals surface area (Å²) >= 11 is 0. The van der Waals surface area contributed by atoms with E-state index >= 15 is 0 Å². The Morgan fingerprint density at radius 3 is 2.37 bits per heavy atom. The molecule has 0 saturated carbocycles. The molecule has 2 rings (SSSR count). The van der Waals surface area contributed by atoms with Crippen LogP contribution in [0, 0.1) is 5.82 Å². The highest BCUT2D eigenvalue weighted by molar-refractivity contribution is 6.14. The maximum absolute atomic E-state index is 12.9. The number of oxime groups is 1. The van der Waals surface area contributed by atoms with Crippen molar-refractivity contribution in [3.05, 3.63) is 65.0 Å². The Balaban J connectivity index is 2.46. The van der Waals surface area contributed by atoms with E-state index in [1.165, 1.54) is 24.3 Å². The highest BCUT2D eigenvalue weighted by Crippen LogP contribution is 2.23. The summed E-state index contributed by atoms with van der Waals surface area (Å²) in [7, 11) is 0. The van der Waals surface area contributed by atoms with E-state index in [2.05, 4.69) is 5.16 Å². The molecule has 19 heavy (non-hydrogen) atoms. The van der Waals surface area contributed by atoms with Crippen molar-refractivity contribution in [2.45, 2.75) is 13.3 Å². The fourth-order valence-corrected chi connectivity index (χ4v) is 1.87. The van der Waals surface area contributed by atoms with Crippen molar-refractivity contribution in [3.8, 4) is 5.75 Å². The minimum absolute atomic E-state index is 0.0384. The Hall–Kier alpha value is -2.36. The average Bonchev–Trinajstić information content (AvgIpc) is 2.43. The molecule has 0 atom stereocenters. The van der Waals surface area contributed by atoms with Crippen LogP contribution in [0.5, 0.6) is 5.75 Å². The standard InChI is InChI=1S/C15H14FNO2/c1-2-10-3-8-13(14(18)9-10)15(17-19)11-4-6-12(16)7-5-11/h3-9,18-19H,2H2,1H3/b17-15+. The molecule has 3 nitrogen and oxygen atoms in total. The molecule has 98 valence electrons. The van der Waals surface area contributed by atoms with Crippen molar-refractivity contribution < 1.29 is 14.7 Å². The maximum atomic E-state index is 12.9. The molecule has 0 aliphatic heterocycles. The largest absolute Gasteiger partial charge is 0.507 e. The molecule has 0 aromatic heterocycles. The van der Waals surface area contributed by atoms with Gasteiger partial charge >= 0.3 is 0 Å². The van der Waals surface area contributed by atoms with Crippen LogP contribution in [0.3, 0.4) is 0 Å². The van der Waals surface area contributed by atoms with Gasteiger partial charge in [0.25, 0.3) is 0 Å². The number of aromatic hydroxyl groups is 1. The Morgan fingerprint density at radius 1 is 1.16 bits per heavy atom. The Labute approximate surface area is 110 Å². The fourth-order valence-electron chi connectivity index (χ4n) is 1.87. The van der Waals surface area contributed by atoms with E-state index in [1.807, 2.05) is 13.0 Å². The van der Waals surface area contributed by atoms with Crippen LogP contribution in [0.25, 0.3) is 0 Å². The van der Waals surface area contributed by atoms with Gasteiger partial charge in [0, 0.05) is 11.1 Å². The minimum atomic E-state index is -0.369. The van der Waals surface area contributed by atoms with Crippen molar-refractivity contribution in [1.29, 1.82) is 0 Å². The minimum Gasteiger partial charge on any atom is -0.507 e. The Morgan fingerprint density at radius 2 is 1.84 bits per heavy atom. The molecule has 0 bridgehead atoms. The predicted molar refractivity (Wildman–Crippen MR) is 71.3 cm³/mol. The van der Waals surface area contributed by atoms with Crippen LogP contribution in [0.1, 0.15) is 23.6 Å². The van der Waals surface area contributed by atoms with Crippen LogP contribution in [0.2, 0.25) is 0 Å². The second-order valence-electron chi connectivity index (χ2n) is 4.16. The van der Waals surface area contributed by atoms with Gasteiger partial charge in [-0.15, -0.1) is 0 Å². The van der Waals surface area contributed by atoms with Gasteiger partial charge in [-0.25, -0.2) is 4.39 Å². The van der Waals surface area contributed by atoms with Crippen LogP contribution in [-0.4, -0.2) is 16.0 Å². The number of phenolic OH excluding ortho intramolecular Hbond substituents is 1. The van der Waals surface area contributed by atoms with Gasteiger partial charge in [0.05, 0.1) is 0 Å². The Bertz CT molecular complexity index is 606. The first kappa shape index (κ1) is 13.1. The summed E-state index contributed by atoms with van der Waals surface area (Å²) in [6.07, 6.45) is 0.802.